The number of pyridine rings is 1. The van der Waals surface area contributed by atoms with Gasteiger partial charge in [0.05, 0.1) is 24.0 Å². The Kier molecular flexibility index (Phi) is 3.36. The number of fused-ring (bicyclic) bond motifs is 1. The first-order chi connectivity index (χ1) is 10.2. The lowest BCUT2D eigenvalue weighted by Crippen LogP contribution is -1.98. The molecule has 3 rings (SSSR count). The Balaban J connectivity index is 2.11. The third kappa shape index (κ3) is 2.48. The van der Waals surface area contributed by atoms with Crippen molar-refractivity contribution in [2.45, 2.75) is 6.92 Å². The van der Waals surface area contributed by atoms with Crippen LogP contribution in [0.4, 0.5) is 17.1 Å². The first-order valence-corrected chi connectivity index (χ1v) is 6.74. The number of nitrogen functional groups attached to an aromatic ring is 1. The Labute approximate surface area is 123 Å². The van der Waals surface area contributed by atoms with Gasteiger partial charge < -0.3 is 15.8 Å². The molecule has 0 amide bonds. The Morgan fingerprint density at radius 1 is 1.10 bits per heavy atom. The van der Waals surface area contributed by atoms with Crippen molar-refractivity contribution in [2.24, 2.45) is 0 Å². The summed E-state index contributed by atoms with van der Waals surface area (Å²) in [4.78, 5) is 4.35. The lowest BCUT2D eigenvalue weighted by molar-refractivity contribution is 0.416. The third-order valence-electron chi connectivity index (χ3n) is 3.43. The highest BCUT2D eigenvalue weighted by molar-refractivity contribution is 5.99. The van der Waals surface area contributed by atoms with E-state index in [0.717, 1.165) is 33.6 Å². The van der Waals surface area contributed by atoms with E-state index in [-0.39, 0.29) is 0 Å². The number of hydrogen-bond donors (Lipinski definition) is 2. The molecule has 0 atom stereocenters. The molecule has 0 saturated heterocycles. The maximum absolute atomic E-state index is 5.98. The molecule has 3 aromatic rings. The van der Waals surface area contributed by atoms with Crippen LogP contribution >= 0.6 is 0 Å². The van der Waals surface area contributed by atoms with E-state index >= 15 is 0 Å². The first-order valence-electron chi connectivity index (χ1n) is 6.74. The Hall–Kier alpha value is -2.75. The zero-order valence-electron chi connectivity index (χ0n) is 12.1. The molecule has 0 spiro atoms. The summed E-state index contributed by atoms with van der Waals surface area (Å²) < 4.78 is 5.41. The Morgan fingerprint density at radius 3 is 2.76 bits per heavy atom. The summed E-state index contributed by atoms with van der Waals surface area (Å²) in [7, 11) is 1.67. The molecule has 0 unspecified atom stereocenters. The highest BCUT2D eigenvalue weighted by Crippen LogP contribution is 2.33. The van der Waals surface area contributed by atoms with E-state index < -0.39 is 0 Å². The third-order valence-corrected chi connectivity index (χ3v) is 3.43. The zero-order chi connectivity index (χ0) is 14.8. The van der Waals surface area contributed by atoms with Gasteiger partial charge in [0.15, 0.2) is 0 Å². The van der Waals surface area contributed by atoms with Crippen LogP contribution in [-0.2, 0) is 0 Å². The van der Waals surface area contributed by atoms with Gasteiger partial charge in [0.25, 0.3) is 0 Å². The molecular weight excluding hydrogens is 262 g/mol. The van der Waals surface area contributed by atoms with Crippen LogP contribution in [0, 0.1) is 6.92 Å². The SMILES string of the molecule is COc1ccc(C)cc1Nc1ccc(N)c2ncccc12. The van der Waals surface area contributed by atoms with Crippen LogP contribution in [0.25, 0.3) is 10.9 Å². The number of methoxy groups -OCH3 is 1. The molecule has 0 radical (unpaired) electrons. The number of rotatable bonds is 3. The molecule has 0 bridgehead atoms. The second kappa shape index (κ2) is 5.32. The van der Waals surface area contributed by atoms with Gasteiger partial charge in [0.2, 0.25) is 0 Å². The number of aryl methyl sites for hydroxylation is 1. The second-order valence-corrected chi connectivity index (χ2v) is 4.93. The minimum atomic E-state index is 0.673. The average molecular weight is 279 g/mol. The fraction of sp³-hybridized carbons (Fsp3) is 0.118. The molecule has 0 aliphatic rings. The van der Waals surface area contributed by atoms with E-state index in [1.807, 2.05) is 43.3 Å². The number of benzene rings is 2. The number of hydrogen-bond acceptors (Lipinski definition) is 4. The van der Waals surface area contributed by atoms with Crippen LogP contribution in [0.1, 0.15) is 5.56 Å². The van der Waals surface area contributed by atoms with Gasteiger partial charge in [-0.25, -0.2) is 0 Å². The van der Waals surface area contributed by atoms with Gasteiger partial charge in [-0.05, 0) is 48.9 Å². The second-order valence-electron chi connectivity index (χ2n) is 4.93. The molecule has 1 heterocycles. The topological polar surface area (TPSA) is 60.2 Å². The monoisotopic (exact) mass is 279 g/mol. The number of nitrogens with two attached hydrogens (primary N) is 1. The van der Waals surface area contributed by atoms with Gasteiger partial charge in [-0.2, -0.15) is 0 Å². The van der Waals surface area contributed by atoms with Gasteiger partial charge in [0, 0.05) is 17.3 Å². The standard InChI is InChI=1S/C17H17N3O/c1-11-5-8-16(21-2)15(10-11)20-14-7-6-13(18)17-12(14)4-3-9-19-17/h3-10,20H,18H2,1-2H3. The lowest BCUT2D eigenvalue weighted by Gasteiger charge is -2.14. The predicted octanol–water partition coefficient (Wildman–Crippen LogP) is 3.88. The summed E-state index contributed by atoms with van der Waals surface area (Å²) in [5.74, 6) is 0.800. The van der Waals surface area contributed by atoms with E-state index in [1.54, 1.807) is 13.3 Å². The molecular formula is C17H17N3O. The molecule has 1 aromatic heterocycles. The molecule has 0 aliphatic carbocycles. The van der Waals surface area contributed by atoms with Crippen molar-refractivity contribution < 1.29 is 4.74 Å². The van der Waals surface area contributed by atoms with Crippen LogP contribution in [-0.4, -0.2) is 12.1 Å². The molecule has 21 heavy (non-hydrogen) atoms. The fourth-order valence-electron chi connectivity index (χ4n) is 2.37. The summed E-state index contributed by atoms with van der Waals surface area (Å²) in [5, 5.41) is 4.40. The van der Waals surface area contributed by atoms with E-state index in [4.69, 9.17) is 10.5 Å². The Morgan fingerprint density at radius 2 is 1.95 bits per heavy atom. The maximum atomic E-state index is 5.98. The van der Waals surface area contributed by atoms with Crippen molar-refractivity contribution in [1.29, 1.82) is 0 Å². The molecule has 0 fully saturated rings. The fourth-order valence-corrected chi connectivity index (χ4v) is 2.37. The van der Waals surface area contributed by atoms with E-state index in [0.29, 0.717) is 5.69 Å². The molecule has 4 nitrogen and oxygen atoms in total. The van der Waals surface area contributed by atoms with E-state index in [9.17, 15) is 0 Å². The molecule has 4 heteroatoms. The number of nitrogens with one attached hydrogen (secondary N) is 1. The minimum Gasteiger partial charge on any atom is -0.495 e. The van der Waals surface area contributed by atoms with Crippen LogP contribution in [0.3, 0.4) is 0 Å². The van der Waals surface area contributed by atoms with Crippen molar-refractivity contribution in [3.05, 3.63) is 54.2 Å². The lowest BCUT2D eigenvalue weighted by atomic mass is 10.1. The predicted molar refractivity (Wildman–Crippen MR) is 87.2 cm³/mol. The highest BCUT2D eigenvalue weighted by atomic mass is 16.5. The number of aromatic nitrogens is 1. The summed E-state index contributed by atoms with van der Waals surface area (Å²) in [6, 6.07) is 13.8. The quantitative estimate of drug-likeness (QED) is 0.714. The molecule has 2 aromatic carbocycles. The van der Waals surface area contributed by atoms with Crippen LogP contribution in [0.15, 0.2) is 48.7 Å². The minimum absolute atomic E-state index is 0.673. The maximum Gasteiger partial charge on any atom is 0.142 e. The van der Waals surface area contributed by atoms with Gasteiger partial charge >= 0.3 is 0 Å². The summed E-state index contributed by atoms with van der Waals surface area (Å²) in [6.07, 6.45) is 1.75. The van der Waals surface area contributed by atoms with Crippen molar-refractivity contribution >= 4 is 28.0 Å². The van der Waals surface area contributed by atoms with Gasteiger partial charge in [0.1, 0.15) is 5.75 Å². The van der Waals surface area contributed by atoms with Crippen LogP contribution < -0.4 is 15.8 Å². The van der Waals surface area contributed by atoms with Crippen molar-refractivity contribution in [2.75, 3.05) is 18.2 Å². The largest absolute Gasteiger partial charge is 0.495 e. The van der Waals surface area contributed by atoms with Crippen molar-refractivity contribution in [1.82, 2.24) is 4.98 Å². The van der Waals surface area contributed by atoms with Gasteiger partial charge in [-0.3, -0.25) is 4.98 Å². The molecule has 3 N–H and O–H groups in total. The van der Waals surface area contributed by atoms with Crippen molar-refractivity contribution in [3.63, 3.8) is 0 Å². The van der Waals surface area contributed by atoms with Crippen LogP contribution in [0.2, 0.25) is 0 Å². The molecule has 0 aliphatic heterocycles. The summed E-state index contributed by atoms with van der Waals surface area (Å²) >= 11 is 0. The number of ether oxygens (including phenoxy) is 1. The highest BCUT2D eigenvalue weighted by Gasteiger charge is 2.08. The molecule has 0 saturated carbocycles. The Bertz CT molecular complexity index is 799. The number of anilines is 3. The zero-order valence-corrected chi connectivity index (χ0v) is 12.1. The first kappa shape index (κ1) is 13.2. The summed E-state index contributed by atoms with van der Waals surface area (Å²) in [6.45, 7) is 2.05. The van der Waals surface area contributed by atoms with E-state index in [1.165, 1.54) is 0 Å². The molecule has 106 valence electrons. The van der Waals surface area contributed by atoms with Gasteiger partial charge in [-0.15, -0.1) is 0 Å². The summed E-state index contributed by atoms with van der Waals surface area (Å²) in [5.41, 5.74) is 10.5. The number of nitrogens with zero attached hydrogens (tertiary/aromatic N) is 1. The van der Waals surface area contributed by atoms with Gasteiger partial charge in [-0.1, -0.05) is 6.07 Å². The average Bonchev–Trinajstić information content (AvgIpc) is 2.51. The smallest absolute Gasteiger partial charge is 0.142 e. The van der Waals surface area contributed by atoms with Crippen molar-refractivity contribution in [3.8, 4) is 5.75 Å². The van der Waals surface area contributed by atoms with E-state index in [2.05, 4.69) is 16.4 Å². The normalized spacial score (nSPS) is 10.6. The van der Waals surface area contributed by atoms with Crippen LogP contribution in [0.5, 0.6) is 5.75 Å².